The van der Waals surface area contributed by atoms with Gasteiger partial charge in [-0.2, -0.15) is 0 Å². The van der Waals surface area contributed by atoms with Gasteiger partial charge in [-0.3, -0.25) is 9.88 Å². The molecule has 1 aromatic heterocycles. The second-order valence-electron chi connectivity index (χ2n) is 4.58. The minimum absolute atomic E-state index is 0.0923. The molecule has 1 fully saturated rings. The van der Waals surface area contributed by atoms with Crippen molar-refractivity contribution in [2.45, 2.75) is 18.6 Å². The zero-order valence-corrected chi connectivity index (χ0v) is 10.6. The largest absolute Gasteiger partial charge is 0.325 e. The summed E-state index contributed by atoms with van der Waals surface area (Å²) in [6.07, 6.45) is 3.50. The molecule has 0 aliphatic carbocycles. The van der Waals surface area contributed by atoms with E-state index in [9.17, 15) is 8.42 Å². The number of nitrogens with two attached hydrogens (primary N) is 1. The van der Waals surface area contributed by atoms with Crippen LogP contribution in [0.5, 0.6) is 0 Å². The van der Waals surface area contributed by atoms with Crippen LogP contribution < -0.4 is 5.73 Å². The van der Waals surface area contributed by atoms with Gasteiger partial charge in [0.2, 0.25) is 0 Å². The van der Waals surface area contributed by atoms with Gasteiger partial charge in [-0.15, -0.1) is 0 Å². The minimum atomic E-state index is -2.96. The first-order chi connectivity index (χ1) is 7.98. The lowest BCUT2D eigenvalue weighted by Gasteiger charge is -2.26. The lowest BCUT2D eigenvalue weighted by atomic mass is 10.1. The molecule has 17 heavy (non-hydrogen) atoms. The first kappa shape index (κ1) is 12.5. The lowest BCUT2D eigenvalue weighted by Crippen LogP contribution is -2.44. The van der Waals surface area contributed by atoms with Gasteiger partial charge in [0.1, 0.15) is 0 Å². The van der Waals surface area contributed by atoms with Gasteiger partial charge in [-0.05, 0) is 18.7 Å². The molecule has 0 bridgehead atoms. The average Bonchev–Trinajstić information content (AvgIpc) is 2.54. The van der Waals surface area contributed by atoms with Crippen LogP contribution in [0.4, 0.5) is 0 Å². The highest BCUT2D eigenvalue weighted by Gasteiger charge is 2.37. The van der Waals surface area contributed by atoms with Crippen LogP contribution in [-0.4, -0.2) is 48.9 Å². The van der Waals surface area contributed by atoms with Crippen molar-refractivity contribution in [1.29, 1.82) is 0 Å². The van der Waals surface area contributed by atoms with E-state index in [2.05, 4.69) is 4.98 Å². The summed E-state index contributed by atoms with van der Waals surface area (Å²) in [6.45, 7) is 0.668. The molecule has 1 aromatic rings. The molecule has 2 heterocycles. The fourth-order valence-corrected chi connectivity index (χ4v) is 4.17. The summed E-state index contributed by atoms with van der Waals surface area (Å²) in [5.74, 6) is 0.250. The predicted molar refractivity (Wildman–Crippen MR) is 66.1 cm³/mol. The number of pyridine rings is 1. The van der Waals surface area contributed by atoms with Crippen molar-refractivity contribution in [3.8, 4) is 0 Å². The zero-order valence-electron chi connectivity index (χ0n) is 9.78. The van der Waals surface area contributed by atoms with Crippen molar-refractivity contribution in [1.82, 2.24) is 9.88 Å². The quantitative estimate of drug-likeness (QED) is 0.798. The number of aromatic nitrogens is 1. The molecular formula is C11H17N3O2S. The summed E-state index contributed by atoms with van der Waals surface area (Å²) in [5, 5.41) is 0. The Labute approximate surface area is 102 Å². The number of hydrogen-bond donors (Lipinski definition) is 1. The third-order valence-electron chi connectivity index (χ3n) is 3.09. The molecule has 2 rings (SSSR count). The molecule has 0 radical (unpaired) electrons. The average molecular weight is 255 g/mol. The zero-order chi connectivity index (χ0) is 12.5. The summed E-state index contributed by atoms with van der Waals surface area (Å²) in [6, 6.07) is 3.45. The molecule has 0 saturated carbocycles. The lowest BCUT2D eigenvalue weighted by molar-refractivity contribution is 0.236. The molecule has 1 saturated heterocycles. The molecule has 2 N–H and O–H groups in total. The predicted octanol–water partition coefficient (Wildman–Crippen LogP) is -0.362. The van der Waals surface area contributed by atoms with Crippen molar-refractivity contribution in [3.63, 3.8) is 0 Å². The van der Waals surface area contributed by atoms with E-state index in [1.54, 1.807) is 12.4 Å². The Morgan fingerprint density at radius 2 is 2.29 bits per heavy atom. The summed E-state index contributed by atoms with van der Waals surface area (Å²) in [5.41, 5.74) is 6.93. The molecule has 2 unspecified atom stereocenters. The Hall–Kier alpha value is -0.980. The van der Waals surface area contributed by atoms with Crippen molar-refractivity contribution in [2.24, 2.45) is 5.73 Å². The van der Waals surface area contributed by atoms with E-state index in [-0.39, 0.29) is 23.6 Å². The van der Waals surface area contributed by atoms with E-state index < -0.39 is 9.84 Å². The molecule has 0 spiro atoms. The number of sulfone groups is 1. The van der Waals surface area contributed by atoms with Gasteiger partial charge in [0, 0.05) is 31.0 Å². The van der Waals surface area contributed by atoms with Gasteiger partial charge in [-0.25, -0.2) is 8.42 Å². The van der Waals surface area contributed by atoms with Crippen molar-refractivity contribution < 1.29 is 8.42 Å². The summed E-state index contributed by atoms with van der Waals surface area (Å²) in [7, 11) is -1.06. The highest BCUT2D eigenvalue weighted by atomic mass is 32.2. The van der Waals surface area contributed by atoms with Crippen molar-refractivity contribution in [3.05, 3.63) is 30.1 Å². The Bertz CT molecular complexity index is 475. The van der Waals surface area contributed by atoms with Crippen molar-refractivity contribution >= 4 is 9.84 Å². The second kappa shape index (κ2) is 4.72. The maximum atomic E-state index is 11.5. The maximum absolute atomic E-state index is 11.5. The molecule has 5 nitrogen and oxygen atoms in total. The third kappa shape index (κ3) is 3.02. The first-order valence-corrected chi connectivity index (χ1v) is 7.35. The van der Waals surface area contributed by atoms with Gasteiger partial charge in [-0.1, -0.05) is 6.07 Å². The fourth-order valence-electron chi connectivity index (χ4n) is 2.21. The normalized spacial score (nSPS) is 27.5. The molecule has 1 aliphatic rings. The Balaban J connectivity index is 2.04. The van der Waals surface area contributed by atoms with E-state index in [0.717, 1.165) is 5.56 Å². The Morgan fingerprint density at radius 1 is 1.53 bits per heavy atom. The molecule has 6 heteroatoms. The van der Waals surface area contributed by atoms with Crippen LogP contribution in [0.2, 0.25) is 0 Å². The van der Waals surface area contributed by atoms with E-state index in [0.29, 0.717) is 6.54 Å². The SMILES string of the molecule is CN(Cc1cccnc1)C1CS(=O)(=O)CC1N. The van der Waals surface area contributed by atoms with Gasteiger partial charge in [0.25, 0.3) is 0 Å². The van der Waals surface area contributed by atoms with E-state index in [4.69, 9.17) is 5.73 Å². The maximum Gasteiger partial charge on any atom is 0.153 e. The number of nitrogens with zero attached hydrogens (tertiary/aromatic N) is 2. The van der Waals surface area contributed by atoms with Crippen LogP contribution in [0.3, 0.4) is 0 Å². The smallest absolute Gasteiger partial charge is 0.153 e. The standard InChI is InChI=1S/C11H17N3O2S/c1-14(6-9-3-2-4-13-5-9)11-8-17(15,16)7-10(11)12/h2-5,10-11H,6-8,12H2,1H3. The fraction of sp³-hybridized carbons (Fsp3) is 0.545. The van der Waals surface area contributed by atoms with Crippen molar-refractivity contribution in [2.75, 3.05) is 18.6 Å². The van der Waals surface area contributed by atoms with E-state index >= 15 is 0 Å². The molecule has 0 aromatic carbocycles. The summed E-state index contributed by atoms with van der Waals surface area (Å²) in [4.78, 5) is 6.03. The van der Waals surface area contributed by atoms with Gasteiger partial charge in [0.05, 0.1) is 11.5 Å². The monoisotopic (exact) mass is 255 g/mol. The Morgan fingerprint density at radius 3 is 2.82 bits per heavy atom. The van der Waals surface area contributed by atoms with Crippen LogP contribution in [0, 0.1) is 0 Å². The second-order valence-corrected chi connectivity index (χ2v) is 6.74. The highest BCUT2D eigenvalue weighted by Crippen LogP contribution is 2.17. The molecule has 0 amide bonds. The minimum Gasteiger partial charge on any atom is -0.325 e. The number of hydrogen-bond acceptors (Lipinski definition) is 5. The van der Waals surface area contributed by atoms with Crippen LogP contribution >= 0.6 is 0 Å². The molecule has 2 atom stereocenters. The van der Waals surface area contributed by atoms with Gasteiger partial charge < -0.3 is 5.73 Å². The number of rotatable bonds is 3. The van der Waals surface area contributed by atoms with E-state index in [1.807, 2.05) is 24.1 Å². The Kier molecular flexibility index (Phi) is 3.46. The van der Waals surface area contributed by atoms with Crippen LogP contribution in [0.1, 0.15) is 5.56 Å². The first-order valence-electron chi connectivity index (χ1n) is 5.53. The highest BCUT2D eigenvalue weighted by molar-refractivity contribution is 7.91. The number of likely N-dealkylation sites (N-methyl/N-ethyl adjacent to an activating group) is 1. The summed E-state index contributed by atoms with van der Waals surface area (Å²) >= 11 is 0. The molecule has 1 aliphatic heterocycles. The summed E-state index contributed by atoms with van der Waals surface area (Å²) < 4.78 is 23.0. The molecular weight excluding hydrogens is 238 g/mol. The van der Waals surface area contributed by atoms with Gasteiger partial charge in [0.15, 0.2) is 9.84 Å². The van der Waals surface area contributed by atoms with Crippen LogP contribution in [0.25, 0.3) is 0 Å². The van der Waals surface area contributed by atoms with Crippen LogP contribution in [0.15, 0.2) is 24.5 Å². The van der Waals surface area contributed by atoms with Gasteiger partial charge >= 0.3 is 0 Å². The van der Waals surface area contributed by atoms with E-state index in [1.165, 1.54) is 0 Å². The third-order valence-corrected chi connectivity index (χ3v) is 4.83. The topological polar surface area (TPSA) is 76.3 Å². The molecule has 94 valence electrons. The van der Waals surface area contributed by atoms with Crippen LogP contribution in [-0.2, 0) is 16.4 Å².